The van der Waals surface area contributed by atoms with Crippen LogP contribution in [0.15, 0.2) is 0 Å². The third-order valence-corrected chi connectivity index (χ3v) is 3.35. The van der Waals surface area contributed by atoms with Crippen LogP contribution in [0.25, 0.3) is 0 Å². The second-order valence-electron chi connectivity index (χ2n) is 5.19. The summed E-state index contributed by atoms with van der Waals surface area (Å²) in [6.07, 6.45) is 3.78. The van der Waals surface area contributed by atoms with E-state index in [1.807, 2.05) is 0 Å². The van der Waals surface area contributed by atoms with Crippen molar-refractivity contribution >= 4 is 5.97 Å². The van der Waals surface area contributed by atoms with Crippen LogP contribution in [-0.4, -0.2) is 48.6 Å². The largest absolute Gasteiger partial charge is 0.480 e. The summed E-state index contributed by atoms with van der Waals surface area (Å²) in [5, 5.41) is 12.5. The molecule has 0 radical (unpaired) electrons. The van der Waals surface area contributed by atoms with Crippen LogP contribution in [0.2, 0.25) is 0 Å². The molecular formula is C12H21NO4. The van der Waals surface area contributed by atoms with E-state index in [0.29, 0.717) is 32.3 Å². The van der Waals surface area contributed by atoms with Gasteiger partial charge in [0, 0.05) is 12.6 Å². The number of nitrogens with one attached hydrogen (secondary N) is 1. The first-order valence-electron chi connectivity index (χ1n) is 6.30. The third kappa shape index (κ3) is 3.66. The topological polar surface area (TPSA) is 67.8 Å². The van der Waals surface area contributed by atoms with Gasteiger partial charge in [0.05, 0.1) is 13.2 Å². The van der Waals surface area contributed by atoms with Gasteiger partial charge in [0.15, 0.2) is 0 Å². The quantitative estimate of drug-likeness (QED) is 0.617. The Kier molecular flexibility index (Phi) is 4.01. The van der Waals surface area contributed by atoms with Crippen molar-refractivity contribution < 1.29 is 19.4 Å². The molecule has 0 aromatic heterocycles. The Bertz CT molecular complexity index is 276. The van der Waals surface area contributed by atoms with Crippen molar-refractivity contribution in [3.63, 3.8) is 0 Å². The van der Waals surface area contributed by atoms with E-state index in [4.69, 9.17) is 9.47 Å². The molecule has 98 valence electrons. The van der Waals surface area contributed by atoms with E-state index in [1.165, 1.54) is 0 Å². The fourth-order valence-electron chi connectivity index (χ4n) is 1.91. The second-order valence-corrected chi connectivity index (χ2v) is 5.19. The summed E-state index contributed by atoms with van der Waals surface area (Å²) in [6, 6.07) is 0.400. The highest BCUT2D eigenvalue weighted by molar-refractivity contribution is 5.78. The Morgan fingerprint density at radius 2 is 2.24 bits per heavy atom. The Labute approximate surface area is 101 Å². The van der Waals surface area contributed by atoms with Crippen molar-refractivity contribution in [3.05, 3.63) is 0 Å². The van der Waals surface area contributed by atoms with Crippen molar-refractivity contribution in [3.8, 4) is 0 Å². The van der Waals surface area contributed by atoms with Crippen LogP contribution in [-0.2, 0) is 14.3 Å². The number of carbonyl (C=O) groups is 1. The minimum absolute atomic E-state index is 0.225. The molecule has 1 aliphatic heterocycles. The van der Waals surface area contributed by atoms with Crippen molar-refractivity contribution in [2.75, 3.05) is 19.8 Å². The van der Waals surface area contributed by atoms with Gasteiger partial charge in [-0.1, -0.05) is 0 Å². The van der Waals surface area contributed by atoms with Crippen LogP contribution in [0.4, 0.5) is 0 Å². The fourth-order valence-corrected chi connectivity index (χ4v) is 1.91. The summed E-state index contributed by atoms with van der Waals surface area (Å²) < 4.78 is 10.5. The predicted octanol–water partition coefficient (Wildman–Crippen LogP) is 0.777. The van der Waals surface area contributed by atoms with E-state index in [2.05, 4.69) is 5.32 Å². The number of hydrogen-bond acceptors (Lipinski definition) is 4. The first-order valence-corrected chi connectivity index (χ1v) is 6.30. The van der Waals surface area contributed by atoms with Crippen molar-refractivity contribution in [2.45, 2.75) is 50.3 Å². The van der Waals surface area contributed by atoms with Gasteiger partial charge in [0.25, 0.3) is 0 Å². The van der Waals surface area contributed by atoms with Gasteiger partial charge < -0.3 is 14.6 Å². The molecule has 0 bridgehead atoms. The molecule has 17 heavy (non-hydrogen) atoms. The summed E-state index contributed by atoms with van der Waals surface area (Å²) in [4.78, 5) is 11.3. The highest BCUT2D eigenvalue weighted by Crippen LogP contribution is 2.25. The maximum atomic E-state index is 11.3. The van der Waals surface area contributed by atoms with Crippen molar-refractivity contribution in [2.24, 2.45) is 0 Å². The highest BCUT2D eigenvalue weighted by Gasteiger charge is 2.37. The zero-order chi connectivity index (χ0) is 12.3. The molecule has 1 aliphatic carbocycles. The van der Waals surface area contributed by atoms with Crippen LogP contribution in [0.3, 0.4) is 0 Å². The summed E-state index contributed by atoms with van der Waals surface area (Å²) in [5.41, 5.74) is -0.805. The summed E-state index contributed by atoms with van der Waals surface area (Å²) in [7, 11) is 0. The van der Waals surface area contributed by atoms with Gasteiger partial charge in [-0.25, -0.2) is 0 Å². The lowest BCUT2D eigenvalue weighted by molar-refractivity contribution is -0.145. The van der Waals surface area contributed by atoms with Gasteiger partial charge >= 0.3 is 5.97 Å². The van der Waals surface area contributed by atoms with Crippen molar-refractivity contribution in [1.29, 1.82) is 0 Å². The lowest BCUT2D eigenvalue weighted by Gasteiger charge is -2.28. The summed E-state index contributed by atoms with van der Waals surface area (Å²) in [6.45, 7) is 3.73. The maximum absolute atomic E-state index is 11.3. The van der Waals surface area contributed by atoms with E-state index in [0.717, 1.165) is 19.3 Å². The standard InChI is InChI=1S/C12H21NO4/c1-12(11(14)15,13-9-3-4-9)5-2-6-17-10-7-16-8-10/h9-10,13H,2-8H2,1H3,(H,14,15). The number of carboxylic acid groups (broad SMARTS) is 1. The molecule has 5 nitrogen and oxygen atoms in total. The normalized spacial score (nSPS) is 24.1. The molecule has 0 amide bonds. The van der Waals surface area contributed by atoms with Crippen LogP contribution in [0, 0.1) is 0 Å². The molecule has 0 aromatic rings. The molecule has 2 rings (SSSR count). The second kappa shape index (κ2) is 5.33. The van der Waals surface area contributed by atoms with Crippen LogP contribution < -0.4 is 5.32 Å². The Hall–Kier alpha value is -0.650. The van der Waals surface area contributed by atoms with E-state index >= 15 is 0 Å². The van der Waals surface area contributed by atoms with Crippen LogP contribution in [0.5, 0.6) is 0 Å². The molecule has 1 saturated heterocycles. The van der Waals surface area contributed by atoms with Gasteiger partial charge in [-0.2, -0.15) is 0 Å². The van der Waals surface area contributed by atoms with Gasteiger partial charge in [-0.15, -0.1) is 0 Å². The van der Waals surface area contributed by atoms with Crippen LogP contribution in [0.1, 0.15) is 32.6 Å². The lowest BCUT2D eigenvalue weighted by Crippen LogP contribution is -2.50. The Morgan fingerprint density at radius 1 is 1.53 bits per heavy atom. The van der Waals surface area contributed by atoms with Crippen LogP contribution >= 0.6 is 0 Å². The molecule has 1 saturated carbocycles. The molecule has 5 heteroatoms. The van der Waals surface area contributed by atoms with E-state index in [1.54, 1.807) is 6.92 Å². The maximum Gasteiger partial charge on any atom is 0.323 e. The highest BCUT2D eigenvalue weighted by atomic mass is 16.6. The number of ether oxygens (including phenoxy) is 2. The average Bonchev–Trinajstić information content (AvgIpc) is 2.98. The Morgan fingerprint density at radius 3 is 2.71 bits per heavy atom. The fraction of sp³-hybridized carbons (Fsp3) is 0.917. The zero-order valence-electron chi connectivity index (χ0n) is 10.3. The minimum Gasteiger partial charge on any atom is -0.480 e. The number of rotatable bonds is 8. The SMILES string of the molecule is CC(CCCOC1COC1)(NC1CC1)C(=O)O. The zero-order valence-corrected chi connectivity index (χ0v) is 10.3. The monoisotopic (exact) mass is 243 g/mol. The summed E-state index contributed by atoms with van der Waals surface area (Å²) >= 11 is 0. The van der Waals surface area contributed by atoms with Gasteiger partial charge in [0.2, 0.25) is 0 Å². The number of aliphatic carboxylic acids is 1. The molecule has 1 atom stereocenters. The van der Waals surface area contributed by atoms with Gasteiger partial charge in [0.1, 0.15) is 11.6 Å². The molecule has 1 heterocycles. The summed E-state index contributed by atoms with van der Waals surface area (Å²) in [5.74, 6) is -0.767. The first kappa shape index (κ1) is 12.8. The molecule has 2 N–H and O–H groups in total. The molecular weight excluding hydrogens is 222 g/mol. The third-order valence-electron chi connectivity index (χ3n) is 3.35. The lowest BCUT2D eigenvalue weighted by atomic mass is 9.96. The van der Waals surface area contributed by atoms with E-state index < -0.39 is 11.5 Å². The molecule has 0 aromatic carbocycles. The molecule has 2 fully saturated rings. The Balaban J connectivity index is 1.66. The molecule has 2 aliphatic rings. The molecule has 1 unspecified atom stereocenters. The number of hydrogen-bond donors (Lipinski definition) is 2. The van der Waals surface area contributed by atoms with Crippen molar-refractivity contribution in [1.82, 2.24) is 5.32 Å². The minimum atomic E-state index is -0.805. The van der Waals surface area contributed by atoms with E-state index in [9.17, 15) is 9.90 Å². The van der Waals surface area contributed by atoms with Gasteiger partial charge in [-0.05, 0) is 32.6 Å². The average molecular weight is 243 g/mol. The van der Waals surface area contributed by atoms with E-state index in [-0.39, 0.29) is 6.10 Å². The molecule has 0 spiro atoms. The number of carboxylic acids is 1. The first-order chi connectivity index (χ1) is 8.10. The van der Waals surface area contributed by atoms with Gasteiger partial charge in [-0.3, -0.25) is 10.1 Å². The smallest absolute Gasteiger partial charge is 0.323 e. The predicted molar refractivity (Wildman–Crippen MR) is 62.0 cm³/mol.